The monoisotopic (exact) mass is 623 g/mol. The number of nitrogens with zero attached hydrogens (tertiary/aromatic N) is 7. The highest BCUT2D eigenvalue weighted by molar-refractivity contribution is 5.92. The lowest BCUT2D eigenvalue weighted by molar-refractivity contribution is -0.141. The van der Waals surface area contributed by atoms with Crippen molar-refractivity contribution in [3.8, 4) is 0 Å². The third-order valence-corrected chi connectivity index (χ3v) is 7.31. The molecule has 3 heterocycles. The molecule has 0 aliphatic carbocycles. The molecule has 15 heteroatoms. The molecule has 15 nitrogen and oxygen atoms in total. The Morgan fingerprint density at radius 1 is 1.02 bits per heavy atom. The van der Waals surface area contributed by atoms with Crippen molar-refractivity contribution >= 4 is 41.1 Å². The summed E-state index contributed by atoms with van der Waals surface area (Å²) in [5, 5.41) is 9.21. The van der Waals surface area contributed by atoms with Gasteiger partial charge in [0.1, 0.15) is 6.04 Å². The molecule has 0 radical (unpaired) electrons. The summed E-state index contributed by atoms with van der Waals surface area (Å²) in [5.74, 6) is -0.125. The van der Waals surface area contributed by atoms with E-state index in [2.05, 4.69) is 50.6 Å². The van der Waals surface area contributed by atoms with Gasteiger partial charge in [0.15, 0.2) is 11.4 Å². The maximum atomic E-state index is 12.7. The van der Waals surface area contributed by atoms with Gasteiger partial charge < -0.3 is 30.6 Å². The molecule has 4 aromatic rings. The van der Waals surface area contributed by atoms with Crippen LogP contribution >= 0.6 is 0 Å². The van der Waals surface area contributed by atoms with Crippen LogP contribution in [-0.2, 0) is 22.5 Å². The molecule has 1 aliphatic heterocycles. The zero-order chi connectivity index (χ0) is 32.5. The first-order valence-electron chi connectivity index (χ1n) is 14.5. The van der Waals surface area contributed by atoms with Gasteiger partial charge in [-0.05, 0) is 23.3 Å². The summed E-state index contributed by atoms with van der Waals surface area (Å²) < 4.78 is 5.01. The van der Waals surface area contributed by atoms with Crippen molar-refractivity contribution in [2.24, 2.45) is 0 Å². The van der Waals surface area contributed by atoms with Gasteiger partial charge in [-0.3, -0.25) is 14.5 Å². The van der Waals surface area contributed by atoms with Crippen LogP contribution in [0, 0.1) is 6.57 Å². The lowest BCUT2D eigenvalue weighted by Crippen LogP contribution is -2.49. The predicted octanol–water partition coefficient (Wildman–Crippen LogP) is 2.45. The van der Waals surface area contributed by atoms with Crippen LogP contribution in [0.25, 0.3) is 4.85 Å². The molecule has 0 unspecified atom stereocenters. The molecule has 4 N–H and O–H groups in total. The molecule has 236 valence electrons. The fourth-order valence-corrected chi connectivity index (χ4v) is 4.94. The molecular weight excluding hydrogens is 590 g/mol. The van der Waals surface area contributed by atoms with E-state index in [4.69, 9.17) is 11.3 Å². The Hall–Kier alpha value is -5.88. The Balaban J connectivity index is 1.23. The number of methoxy groups -OCH3 is 1. The topological polar surface area (TPSA) is 175 Å². The first-order valence-corrected chi connectivity index (χ1v) is 14.5. The minimum Gasteiger partial charge on any atom is -0.467 e. The molecule has 0 saturated carbocycles. The van der Waals surface area contributed by atoms with Crippen LogP contribution in [0.3, 0.4) is 0 Å². The summed E-state index contributed by atoms with van der Waals surface area (Å²) >= 11 is 0. The van der Waals surface area contributed by atoms with Crippen molar-refractivity contribution in [1.82, 2.24) is 34.7 Å². The molecule has 0 spiro atoms. The van der Waals surface area contributed by atoms with Gasteiger partial charge >= 0.3 is 5.97 Å². The fourth-order valence-electron chi connectivity index (χ4n) is 4.94. The van der Waals surface area contributed by atoms with E-state index in [9.17, 15) is 14.4 Å². The summed E-state index contributed by atoms with van der Waals surface area (Å²) in [6.07, 6.45) is 3.09. The zero-order valence-electron chi connectivity index (χ0n) is 25.4. The highest BCUT2D eigenvalue weighted by atomic mass is 16.5. The lowest BCUT2D eigenvalue weighted by Gasteiger charge is -2.34. The molecule has 0 bridgehead atoms. The van der Waals surface area contributed by atoms with Crippen LogP contribution in [0.5, 0.6) is 0 Å². The quantitative estimate of drug-likeness (QED) is 0.142. The van der Waals surface area contributed by atoms with Crippen LogP contribution in [0.1, 0.15) is 21.6 Å². The van der Waals surface area contributed by atoms with Gasteiger partial charge in [-0.2, -0.15) is 15.0 Å². The highest BCUT2D eigenvalue weighted by Gasteiger charge is 2.25. The molecule has 1 aliphatic rings. The molecule has 5 rings (SSSR count). The molecule has 2 aromatic carbocycles. The van der Waals surface area contributed by atoms with Gasteiger partial charge in [0.05, 0.1) is 13.7 Å². The predicted molar refractivity (Wildman–Crippen MR) is 171 cm³/mol. The smallest absolute Gasteiger partial charge is 0.328 e. The number of aromatic amines is 1. The van der Waals surface area contributed by atoms with Crippen molar-refractivity contribution in [2.45, 2.75) is 19.0 Å². The second-order valence-corrected chi connectivity index (χ2v) is 10.4. The van der Waals surface area contributed by atoms with Crippen molar-refractivity contribution in [2.75, 3.05) is 56.3 Å². The standard InChI is InChI=1S/C31H33N11O4/c1-32-22-9-7-20(8-10-22)18-24(28(45)46-3)37-31-39-29(33-2)38-30(40-31)36-23-6-4-5-21(17-23)19-41-13-15-42(16-14-41)27(44)25-26(43)35-12-11-34-25/h4-12,17,24H,13-16,18-19H2,2-3H3,(H,35,43)(H3,33,36,37,38,39,40)/t24-/m0/s1. The molecule has 1 saturated heterocycles. The maximum Gasteiger partial charge on any atom is 0.328 e. The van der Waals surface area contributed by atoms with Crippen LogP contribution < -0.4 is 21.5 Å². The Morgan fingerprint density at radius 3 is 2.46 bits per heavy atom. The first-order chi connectivity index (χ1) is 22.3. The normalized spacial score (nSPS) is 13.7. The third kappa shape index (κ3) is 7.98. The van der Waals surface area contributed by atoms with Crippen LogP contribution in [0.4, 0.5) is 29.2 Å². The number of esters is 1. The Morgan fingerprint density at radius 2 is 1.76 bits per heavy atom. The second kappa shape index (κ2) is 14.7. The Bertz CT molecular complexity index is 1780. The van der Waals surface area contributed by atoms with Gasteiger partial charge in [0.2, 0.25) is 17.8 Å². The largest absolute Gasteiger partial charge is 0.467 e. The Kier molecular flexibility index (Phi) is 10.1. The maximum absolute atomic E-state index is 12.7. The van der Waals surface area contributed by atoms with Gasteiger partial charge in [-0.15, -0.1) is 0 Å². The summed E-state index contributed by atoms with van der Waals surface area (Å²) in [6.45, 7) is 10.1. The summed E-state index contributed by atoms with van der Waals surface area (Å²) in [4.78, 5) is 64.3. The van der Waals surface area contributed by atoms with Gasteiger partial charge in [0, 0.05) is 64.3 Å². The fraction of sp³-hybridized carbons (Fsp3) is 0.290. The highest BCUT2D eigenvalue weighted by Crippen LogP contribution is 2.20. The molecule has 1 atom stereocenters. The number of aromatic nitrogens is 5. The molecule has 1 fully saturated rings. The minimum absolute atomic E-state index is 0.0964. The van der Waals surface area contributed by atoms with Crippen molar-refractivity contribution < 1.29 is 14.3 Å². The molecular formula is C31H33N11O4. The number of hydrogen-bond acceptors (Lipinski definition) is 12. The zero-order valence-corrected chi connectivity index (χ0v) is 25.4. The van der Waals surface area contributed by atoms with E-state index in [1.54, 1.807) is 36.2 Å². The average Bonchev–Trinajstić information content (AvgIpc) is 3.08. The summed E-state index contributed by atoms with van der Waals surface area (Å²) in [5.41, 5.74) is 2.56. The third-order valence-electron chi connectivity index (χ3n) is 7.31. The SMILES string of the molecule is [C-]#[N+]c1ccc(C[C@H](Nc2nc(NC)nc(Nc3cccc(CN4CCN(C(=O)c5ncc[nH]c5=O)CC4)c3)n2)C(=O)OC)cc1. The van der Waals surface area contributed by atoms with Crippen molar-refractivity contribution in [3.05, 3.63) is 99.5 Å². The average molecular weight is 624 g/mol. The van der Waals surface area contributed by atoms with E-state index in [1.807, 2.05) is 24.3 Å². The number of hydrogen-bond donors (Lipinski definition) is 4. The Labute approximate surface area is 264 Å². The van der Waals surface area contributed by atoms with E-state index in [-0.39, 0.29) is 23.5 Å². The first kappa shape index (κ1) is 31.5. The number of nitrogens with one attached hydrogen (secondary N) is 4. The van der Waals surface area contributed by atoms with Gasteiger partial charge in [0.25, 0.3) is 11.5 Å². The number of amides is 1. The number of piperazine rings is 1. The van der Waals surface area contributed by atoms with Gasteiger partial charge in [-0.1, -0.05) is 36.4 Å². The summed E-state index contributed by atoms with van der Waals surface area (Å²) in [7, 11) is 3.00. The van der Waals surface area contributed by atoms with Crippen LogP contribution in [0.2, 0.25) is 0 Å². The number of benzene rings is 2. The van der Waals surface area contributed by atoms with Crippen molar-refractivity contribution in [3.63, 3.8) is 0 Å². The molecule has 2 aromatic heterocycles. The lowest BCUT2D eigenvalue weighted by atomic mass is 10.1. The van der Waals surface area contributed by atoms with E-state index < -0.39 is 17.6 Å². The van der Waals surface area contributed by atoms with E-state index in [0.29, 0.717) is 50.8 Å². The number of carbonyl (C=O) groups excluding carboxylic acids is 2. The number of anilines is 4. The summed E-state index contributed by atoms with van der Waals surface area (Å²) in [6, 6.07) is 14.0. The number of carbonyl (C=O) groups is 2. The van der Waals surface area contributed by atoms with Crippen molar-refractivity contribution in [1.29, 1.82) is 0 Å². The van der Waals surface area contributed by atoms with E-state index in [1.165, 1.54) is 19.5 Å². The van der Waals surface area contributed by atoms with E-state index in [0.717, 1.165) is 16.8 Å². The van der Waals surface area contributed by atoms with E-state index >= 15 is 0 Å². The van der Waals surface area contributed by atoms with Gasteiger partial charge in [-0.25, -0.2) is 14.6 Å². The number of ether oxygens (including phenoxy) is 1. The number of rotatable bonds is 11. The van der Waals surface area contributed by atoms with Crippen LogP contribution in [-0.4, -0.2) is 93.0 Å². The second-order valence-electron chi connectivity index (χ2n) is 10.4. The minimum atomic E-state index is -0.785. The van der Waals surface area contributed by atoms with Crippen LogP contribution in [0.15, 0.2) is 65.7 Å². The molecule has 46 heavy (non-hydrogen) atoms. The number of H-pyrrole nitrogens is 1. The molecule has 1 amide bonds.